The van der Waals surface area contributed by atoms with Crippen molar-refractivity contribution in [2.24, 2.45) is 0 Å². The first-order chi connectivity index (χ1) is 38.2. The first kappa shape index (κ1) is 52.6. The third-order valence-electron chi connectivity index (χ3n) is 12.7. The fourth-order valence-corrected chi connectivity index (χ4v) is 9.17. The van der Waals surface area contributed by atoms with Crippen LogP contribution in [0.15, 0.2) is 279 Å². The lowest BCUT2D eigenvalue weighted by molar-refractivity contribution is 0.426. The van der Waals surface area contributed by atoms with Crippen molar-refractivity contribution < 1.29 is 10.0 Å². The highest BCUT2D eigenvalue weighted by atomic mass is 35.5. The quantitative estimate of drug-likeness (QED) is 0.105. The summed E-state index contributed by atoms with van der Waals surface area (Å²) in [5.41, 5.74) is 17.1. The number of benzene rings is 10. The van der Waals surface area contributed by atoms with Crippen molar-refractivity contribution in [2.75, 3.05) is 0 Å². The SMILES string of the molecule is Clc1cc(-c2cc(-c3ccccc3)cc(-c3ccccc3)c2)nc(-c2ccccc2)n1.Clc1ccc(-c2cc(-c3cc(-c4ccccc4)cc(-c4ccccc4)c3)nc(-c3ccccc3)n2)cc1.OB(O)c1ccc(Cl)cc1. The van der Waals surface area contributed by atoms with Crippen LogP contribution in [0.1, 0.15) is 0 Å². The van der Waals surface area contributed by atoms with E-state index in [1.807, 2.05) is 115 Å². The Morgan fingerprint density at radius 1 is 0.244 bits per heavy atom. The van der Waals surface area contributed by atoms with Crippen molar-refractivity contribution in [3.8, 4) is 101 Å². The molecule has 0 aliphatic rings. The molecular weight excluding hydrogens is 1020 g/mol. The van der Waals surface area contributed by atoms with Crippen LogP contribution in [-0.2, 0) is 0 Å². The number of nitrogens with zero attached hydrogens (tertiary/aromatic N) is 4. The fourth-order valence-electron chi connectivity index (χ4n) is 8.74. The van der Waals surface area contributed by atoms with Gasteiger partial charge in [-0.2, -0.15) is 0 Å². The van der Waals surface area contributed by atoms with Crippen LogP contribution in [0.4, 0.5) is 0 Å². The molecule has 0 saturated heterocycles. The van der Waals surface area contributed by atoms with Crippen molar-refractivity contribution in [1.82, 2.24) is 19.9 Å². The summed E-state index contributed by atoms with van der Waals surface area (Å²) in [6.45, 7) is 0. The van der Waals surface area contributed by atoms with Crippen LogP contribution < -0.4 is 5.46 Å². The number of aromatic nitrogens is 4. The predicted molar refractivity (Wildman–Crippen MR) is 324 cm³/mol. The Labute approximate surface area is 469 Å². The van der Waals surface area contributed by atoms with E-state index >= 15 is 0 Å². The summed E-state index contributed by atoms with van der Waals surface area (Å²) < 4.78 is 0. The van der Waals surface area contributed by atoms with Crippen LogP contribution in [0.5, 0.6) is 0 Å². The molecule has 2 aromatic heterocycles. The normalized spacial score (nSPS) is 10.6. The van der Waals surface area contributed by atoms with Crippen molar-refractivity contribution in [1.29, 1.82) is 0 Å². The van der Waals surface area contributed by atoms with Gasteiger partial charge in [-0.25, -0.2) is 19.9 Å². The second kappa shape index (κ2) is 25.4. The Bertz CT molecular complexity index is 3770. The summed E-state index contributed by atoms with van der Waals surface area (Å²) in [7, 11) is -1.41. The third kappa shape index (κ3) is 13.6. The van der Waals surface area contributed by atoms with E-state index < -0.39 is 7.12 Å². The van der Waals surface area contributed by atoms with Gasteiger partial charge in [0.2, 0.25) is 0 Å². The molecule has 0 atom stereocenters. The summed E-state index contributed by atoms with van der Waals surface area (Å²) in [6, 6.07) is 92.9. The Balaban J connectivity index is 0.000000152. The fraction of sp³-hybridized carbons (Fsp3) is 0. The first-order valence-corrected chi connectivity index (χ1v) is 26.3. The number of hydrogen-bond acceptors (Lipinski definition) is 6. The van der Waals surface area contributed by atoms with Gasteiger partial charge in [0.05, 0.1) is 17.1 Å². The molecular formula is C68H48BCl3N4O2. The van der Waals surface area contributed by atoms with Crippen LogP contribution in [0.3, 0.4) is 0 Å². The minimum atomic E-state index is -1.41. The number of rotatable bonds is 10. The summed E-state index contributed by atoms with van der Waals surface area (Å²) in [5, 5.41) is 19.0. The van der Waals surface area contributed by atoms with Crippen molar-refractivity contribution >= 4 is 47.4 Å². The van der Waals surface area contributed by atoms with E-state index in [2.05, 4.69) is 145 Å². The van der Waals surface area contributed by atoms with E-state index in [-0.39, 0.29) is 0 Å². The van der Waals surface area contributed by atoms with Gasteiger partial charge in [0.25, 0.3) is 0 Å². The number of hydrogen-bond donors (Lipinski definition) is 2. The Morgan fingerprint density at radius 2 is 0.526 bits per heavy atom. The molecule has 0 unspecified atom stereocenters. The van der Waals surface area contributed by atoms with Crippen molar-refractivity contribution in [3.63, 3.8) is 0 Å². The minimum Gasteiger partial charge on any atom is -0.423 e. The van der Waals surface area contributed by atoms with E-state index in [4.69, 9.17) is 59.8 Å². The summed E-state index contributed by atoms with van der Waals surface area (Å²) in [4.78, 5) is 19.3. The highest BCUT2D eigenvalue weighted by Crippen LogP contribution is 2.36. The molecule has 376 valence electrons. The molecule has 6 nitrogen and oxygen atoms in total. The lowest BCUT2D eigenvalue weighted by Gasteiger charge is -2.13. The number of halogens is 3. The Morgan fingerprint density at radius 3 is 0.872 bits per heavy atom. The van der Waals surface area contributed by atoms with Crippen LogP contribution in [0.25, 0.3) is 101 Å². The van der Waals surface area contributed by atoms with E-state index in [1.54, 1.807) is 24.3 Å². The average molecular weight is 1070 g/mol. The second-order valence-corrected chi connectivity index (χ2v) is 19.3. The molecule has 0 bridgehead atoms. The van der Waals surface area contributed by atoms with Gasteiger partial charge in [0, 0.05) is 43.9 Å². The lowest BCUT2D eigenvalue weighted by Crippen LogP contribution is -2.29. The zero-order chi connectivity index (χ0) is 53.6. The summed E-state index contributed by atoms with van der Waals surface area (Å²) >= 11 is 18.1. The molecule has 2 N–H and O–H groups in total. The smallest absolute Gasteiger partial charge is 0.423 e. The topological polar surface area (TPSA) is 92.0 Å². The molecule has 10 aromatic carbocycles. The van der Waals surface area contributed by atoms with Gasteiger partial charge >= 0.3 is 7.12 Å². The molecule has 0 spiro atoms. The van der Waals surface area contributed by atoms with Gasteiger partial charge in [0.1, 0.15) is 5.15 Å². The van der Waals surface area contributed by atoms with Gasteiger partial charge < -0.3 is 10.0 Å². The maximum absolute atomic E-state index is 8.63. The Hall–Kier alpha value is -8.79. The highest BCUT2D eigenvalue weighted by Gasteiger charge is 2.15. The second-order valence-electron chi connectivity index (χ2n) is 18.1. The monoisotopic (exact) mass is 1070 g/mol. The average Bonchev–Trinajstić information content (AvgIpc) is 3.51. The van der Waals surface area contributed by atoms with Gasteiger partial charge in [-0.1, -0.05) is 241 Å². The molecule has 0 fully saturated rings. The van der Waals surface area contributed by atoms with Crippen LogP contribution >= 0.6 is 34.8 Å². The van der Waals surface area contributed by atoms with Crippen LogP contribution in [0.2, 0.25) is 15.2 Å². The molecule has 0 amide bonds. The predicted octanol–water partition coefficient (Wildman–Crippen LogP) is 17.3. The van der Waals surface area contributed by atoms with Crippen LogP contribution in [0, 0.1) is 0 Å². The van der Waals surface area contributed by atoms with E-state index in [1.165, 1.54) is 0 Å². The molecule has 2 heterocycles. The Kier molecular flexibility index (Phi) is 17.1. The van der Waals surface area contributed by atoms with Gasteiger partial charge in [-0.15, -0.1) is 0 Å². The van der Waals surface area contributed by atoms with Gasteiger partial charge in [-0.05, 0) is 117 Å². The molecule has 0 radical (unpaired) electrons. The third-order valence-corrected chi connectivity index (χ3v) is 13.4. The standard InChI is InChI=1S/C34H23ClN2.C28H19ClN2.C6H6BClO2/c35-31-18-16-26(17-19-31)32-23-33(37-34(36-32)27-14-8-3-9-15-27)30-21-28(24-10-4-1-5-11-24)20-29(22-30)25-12-6-2-7-13-25;29-27-19-26(30-28(31-27)22-14-8-3-9-15-22)25-17-23(20-10-4-1-5-11-20)16-24(18-25)21-12-6-2-7-13-21;8-6-3-1-5(2-4-6)7(9)10/h1-23H;1-19H;1-4,9-10H. The van der Waals surface area contributed by atoms with E-state index in [9.17, 15) is 0 Å². The lowest BCUT2D eigenvalue weighted by atomic mass is 9.81. The molecule has 10 heteroatoms. The molecule has 78 heavy (non-hydrogen) atoms. The molecule has 0 aliphatic carbocycles. The van der Waals surface area contributed by atoms with Gasteiger partial charge in [0.15, 0.2) is 11.6 Å². The molecule has 12 aromatic rings. The maximum Gasteiger partial charge on any atom is 0.488 e. The van der Waals surface area contributed by atoms with E-state index in [0.29, 0.717) is 32.3 Å². The first-order valence-electron chi connectivity index (χ1n) is 25.1. The molecule has 0 aliphatic heterocycles. The molecule has 12 rings (SSSR count). The van der Waals surface area contributed by atoms with Crippen molar-refractivity contribution in [3.05, 3.63) is 294 Å². The van der Waals surface area contributed by atoms with Crippen molar-refractivity contribution in [2.45, 2.75) is 0 Å². The highest BCUT2D eigenvalue weighted by molar-refractivity contribution is 6.58. The zero-order valence-electron chi connectivity index (χ0n) is 42.0. The zero-order valence-corrected chi connectivity index (χ0v) is 44.2. The summed E-state index contributed by atoms with van der Waals surface area (Å²) in [6.07, 6.45) is 0. The maximum atomic E-state index is 8.63. The molecule has 0 saturated carbocycles. The minimum absolute atomic E-state index is 0.426. The van der Waals surface area contributed by atoms with Crippen LogP contribution in [-0.4, -0.2) is 37.1 Å². The van der Waals surface area contributed by atoms with E-state index in [0.717, 1.165) is 89.4 Å². The summed E-state index contributed by atoms with van der Waals surface area (Å²) in [5.74, 6) is 1.31. The largest absolute Gasteiger partial charge is 0.488 e. The van der Waals surface area contributed by atoms with Gasteiger partial charge in [-0.3, -0.25) is 0 Å².